The summed E-state index contributed by atoms with van der Waals surface area (Å²) >= 11 is 3.79. The van der Waals surface area contributed by atoms with Crippen molar-refractivity contribution in [2.75, 3.05) is 36.1 Å². The summed E-state index contributed by atoms with van der Waals surface area (Å²) in [7, 11) is 0. The zero-order valence-corrected chi connectivity index (χ0v) is 46.7. The van der Waals surface area contributed by atoms with E-state index in [1.165, 1.54) is 20.9 Å². The van der Waals surface area contributed by atoms with Crippen molar-refractivity contribution in [3.63, 3.8) is 0 Å². The number of hydrogen-bond acceptors (Lipinski definition) is 8. The molecule has 10 rings (SSSR count). The Kier molecular flexibility index (Phi) is 17.0. The van der Waals surface area contributed by atoms with E-state index in [2.05, 4.69) is 119 Å². The molecule has 0 bridgehead atoms. The highest BCUT2D eigenvalue weighted by atomic mass is 32.2. The third kappa shape index (κ3) is 12.3. The summed E-state index contributed by atoms with van der Waals surface area (Å²) < 4.78 is 4.55. The van der Waals surface area contributed by atoms with Crippen molar-refractivity contribution in [3.05, 3.63) is 191 Å². The summed E-state index contributed by atoms with van der Waals surface area (Å²) in [5.41, 5.74) is 32.1. The second-order valence-electron chi connectivity index (χ2n) is 20.4. The van der Waals surface area contributed by atoms with E-state index in [1.807, 2.05) is 110 Å². The highest BCUT2D eigenvalue weighted by Gasteiger charge is 2.24. The van der Waals surface area contributed by atoms with Crippen LogP contribution in [0.5, 0.6) is 0 Å². The van der Waals surface area contributed by atoms with Gasteiger partial charge in [-0.25, -0.2) is 9.97 Å². The lowest BCUT2D eigenvalue weighted by molar-refractivity contribution is -0.538. The Balaban J connectivity index is 0.622. The number of hydrogen-bond donors (Lipinski definition) is 4. The van der Waals surface area contributed by atoms with E-state index < -0.39 is 0 Å². The van der Waals surface area contributed by atoms with Crippen molar-refractivity contribution >= 4 is 90.8 Å². The number of nitrogens with one attached hydrogen (secondary N) is 2. The number of aromatic nitrogens is 4. The minimum absolute atomic E-state index is 0.0652. The summed E-state index contributed by atoms with van der Waals surface area (Å²) in [6, 6.07) is 53.4. The molecule has 0 aliphatic heterocycles. The van der Waals surface area contributed by atoms with Crippen molar-refractivity contribution in [1.29, 1.82) is 0 Å². The summed E-state index contributed by atoms with van der Waals surface area (Å²) in [6.07, 6.45) is 8.33. The Morgan fingerprint density at radius 3 is 1.15 bits per heavy atom. The molecule has 2 amide bonds. The normalized spacial score (nSPS) is 11.5. The zero-order valence-electron chi connectivity index (χ0n) is 45.1. The molecule has 394 valence electrons. The first-order valence-corrected chi connectivity index (χ1v) is 29.2. The first-order valence-electron chi connectivity index (χ1n) is 27.2. The molecule has 6 N–H and O–H groups in total. The molecule has 0 spiro atoms. The molecule has 0 unspecified atom stereocenters. The van der Waals surface area contributed by atoms with Crippen molar-refractivity contribution in [2.45, 2.75) is 88.9 Å². The predicted octanol–water partition coefficient (Wildman–Crippen LogP) is 13.9. The molecular formula is C66H68N8O2S2+2. The number of carbonyl (C=O) groups excluding carboxylic acids is 2. The minimum atomic E-state index is -0.0652. The molecule has 10 aromatic rings. The number of nitrogen functional groups attached to an aromatic ring is 2. The molecule has 8 aromatic carbocycles. The number of unbranched alkanes of at least 4 members (excludes halogenated alkanes) is 6. The highest BCUT2D eigenvalue weighted by molar-refractivity contribution is 7.99. The lowest BCUT2D eigenvalue weighted by Gasteiger charge is -2.11. The number of benzene rings is 8. The number of anilines is 2. The van der Waals surface area contributed by atoms with Crippen LogP contribution in [0.2, 0.25) is 0 Å². The van der Waals surface area contributed by atoms with Gasteiger partial charge in [0.05, 0.1) is 0 Å². The minimum Gasteiger partial charge on any atom is -0.398 e. The third-order valence-corrected chi connectivity index (χ3v) is 17.1. The number of thioether (sulfide) groups is 2. The Labute approximate surface area is 466 Å². The fourth-order valence-corrected chi connectivity index (χ4v) is 12.2. The maximum absolute atomic E-state index is 13.0. The summed E-state index contributed by atoms with van der Waals surface area (Å²) in [6.45, 7) is 9.67. The van der Waals surface area contributed by atoms with Gasteiger partial charge in [0, 0.05) is 93.9 Å². The summed E-state index contributed by atoms with van der Waals surface area (Å²) in [5.74, 6) is 1.90. The van der Waals surface area contributed by atoms with E-state index in [4.69, 9.17) is 21.4 Å². The second kappa shape index (κ2) is 24.7. The molecule has 0 aliphatic carbocycles. The fraction of sp³-hybridized carbons (Fsp3) is 0.242. The molecule has 10 nitrogen and oxygen atoms in total. The predicted molar refractivity (Wildman–Crippen MR) is 324 cm³/mol. The van der Waals surface area contributed by atoms with Gasteiger partial charge in [0.1, 0.15) is 22.1 Å². The first kappa shape index (κ1) is 53.6. The van der Waals surface area contributed by atoms with Gasteiger partial charge in [-0.1, -0.05) is 86.3 Å². The average Bonchev–Trinajstić information content (AvgIpc) is 3.65. The van der Waals surface area contributed by atoms with E-state index in [1.54, 1.807) is 0 Å². The van der Waals surface area contributed by atoms with Crippen molar-refractivity contribution in [3.8, 4) is 22.5 Å². The van der Waals surface area contributed by atoms with Crippen LogP contribution in [0, 0.1) is 27.7 Å². The van der Waals surface area contributed by atoms with E-state index in [-0.39, 0.29) is 11.8 Å². The second-order valence-corrected chi connectivity index (χ2v) is 22.6. The van der Waals surface area contributed by atoms with Crippen LogP contribution in [-0.4, -0.2) is 46.4 Å². The smallest absolute Gasteiger partial charge is 0.251 e. The Morgan fingerprint density at radius 1 is 0.423 bits per heavy atom. The molecule has 2 aromatic heterocycles. The van der Waals surface area contributed by atoms with Crippen molar-refractivity contribution < 1.29 is 18.7 Å². The van der Waals surface area contributed by atoms with E-state index in [0.717, 1.165) is 152 Å². The Hall–Kier alpha value is -7.80. The molecule has 0 saturated heterocycles. The lowest BCUT2D eigenvalue weighted by atomic mass is 10.0. The van der Waals surface area contributed by atoms with Gasteiger partial charge in [-0.3, -0.25) is 9.59 Å². The summed E-state index contributed by atoms with van der Waals surface area (Å²) in [5, 5.41) is 6.21. The monoisotopic (exact) mass is 1070 g/mol. The van der Waals surface area contributed by atoms with Crippen molar-refractivity contribution in [2.24, 2.45) is 0 Å². The van der Waals surface area contributed by atoms with Crippen LogP contribution in [0.25, 0.3) is 66.6 Å². The molecule has 0 aliphatic rings. The molecule has 0 fully saturated rings. The Bertz CT molecular complexity index is 3550. The fourth-order valence-electron chi connectivity index (χ4n) is 10.1. The number of nitrogens with zero attached hydrogens (tertiary/aromatic N) is 4. The maximum atomic E-state index is 13.0. The molecule has 12 heteroatoms. The molecule has 0 atom stereocenters. The third-order valence-electron chi connectivity index (χ3n) is 14.6. The first-order chi connectivity index (χ1) is 38.0. The quantitative estimate of drug-likeness (QED) is 0.0183. The number of para-hydroxylation sites is 2. The van der Waals surface area contributed by atoms with E-state index in [9.17, 15) is 9.59 Å². The van der Waals surface area contributed by atoms with Gasteiger partial charge in [-0.2, -0.15) is 0 Å². The van der Waals surface area contributed by atoms with Crippen LogP contribution >= 0.6 is 23.5 Å². The summed E-state index contributed by atoms with van der Waals surface area (Å²) in [4.78, 5) is 38.7. The van der Waals surface area contributed by atoms with Gasteiger partial charge < -0.3 is 22.1 Å². The van der Waals surface area contributed by atoms with Gasteiger partial charge in [0.15, 0.2) is 0 Å². The van der Waals surface area contributed by atoms with Gasteiger partial charge >= 0.3 is 0 Å². The number of carbonyl (C=O) groups is 2. The molecule has 2 heterocycles. The van der Waals surface area contributed by atoms with Crippen LogP contribution in [-0.2, 0) is 0 Å². The van der Waals surface area contributed by atoms with Crippen LogP contribution in [0.15, 0.2) is 168 Å². The molecule has 0 saturated carbocycles. The topological polar surface area (TPSA) is 144 Å². The lowest BCUT2D eigenvalue weighted by Crippen LogP contribution is -2.33. The van der Waals surface area contributed by atoms with Crippen LogP contribution in [0.1, 0.15) is 94.3 Å². The SMILES string of the molecule is Cc1cc2nc3cc(C)c(SCCCCCCNC(=O)c4ccc(-c5ccc(C(=O)NCCCCCCSc6cc7c(cc6C)nc6cc(C)c(N)cc6[n+]7-c6ccccc6)cc5)cc4)cc3[n+](-c3ccccc3)c2cc1N. The maximum Gasteiger partial charge on any atom is 0.251 e. The van der Waals surface area contributed by atoms with Gasteiger partial charge in [-0.05, 0) is 147 Å². The number of amides is 2. The van der Waals surface area contributed by atoms with Crippen LogP contribution < -0.4 is 31.2 Å². The molecule has 78 heavy (non-hydrogen) atoms. The van der Waals surface area contributed by atoms with E-state index in [0.29, 0.717) is 24.2 Å². The van der Waals surface area contributed by atoms with Gasteiger partial charge in [0.25, 0.3) is 11.8 Å². The number of fused-ring (bicyclic) bond motifs is 4. The largest absolute Gasteiger partial charge is 0.398 e. The van der Waals surface area contributed by atoms with Crippen LogP contribution in [0.3, 0.4) is 0 Å². The highest BCUT2D eigenvalue weighted by Crippen LogP contribution is 2.32. The zero-order chi connectivity index (χ0) is 54.1. The van der Waals surface area contributed by atoms with Gasteiger partial charge in [0.2, 0.25) is 33.4 Å². The molecular weight excluding hydrogens is 1000 g/mol. The molecule has 0 radical (unpaired) electrons. The number of nitrogens with two attached hydrogens (primary N) is 2. The van der Waals surface area contributed by atoms with Gasteiger partial charge in [-0.15, -0.1) is 32.7 Å². The standard InChI is InChI=1S/C66H66N8O2S2/c1-43-35-55-59(39-53(43)67)73(51-19-11-9-12-20-51)61-41-63(45(3)37-57(61)71-55)77-33-17-7-5-15-31-69-65(75)49-27-23-47(24-28-49)48-25-29-50(30-26-48)66(76)70-32-16-6-8-18-34-78-64-42-62-58(38-46(64)4)72-56-36-44(2)54(68)40-60(56)74(62)52-21-13-10-14-22-52/h9-14,19-30,35-42,67-68H,5-8,15-18,31-34H2,1-4H3,(H2,69,70,75,76)/p+2. The van der Waals surface area contributed by atoms with Crippen molar-refractivity contribution in [1.82, 2.24) is 20.6 Å². The van der Waals surface area contributed by atoms with E-state index >= 15 is 0 Å². The Morgan fingerprint density at radius 2 is 0.769 bits per heavy atom. The van der Waals surface area contributed by atoms with Crippen LogP contribution in [0.4, 0.5) is 11.4 Å². The average molecular weight is 1070 g/mol. The number of aryl methyl sites for hydroxylation is 4. The number of rotatable bonds is 21.